The molecule has 0 fully saturated rings. The molecule has 0 atom stereocenters. The van der Waals surface area contributed by atoms with Crippen LogP contribution in [-0.4, -0.2) is 4.98 Å². The lowest BCUT2D eigenvalue weighted by atomic mass is 10.0. The maximum absolute atomic E-state index is 12.1. The van der Waals surface area contributed by atoms with E-state index in [0.29, 0.717) is 6.42 Å². The molecule has 0 amide bonds. The molecule has 0 spiro atoms. The predicted molar refractivity (Wildman–Crippen MR) is 86.5 cm³/mol. The van der Waals surface area contributed by atoms with Gasteiger partial charge in [0.2, 0.25) is 0 Å². The van der Waals surface area contributed by atoms with E-state index in [2.05, 4.69) is 41.9 Å². The third-order valence-corrected chi connectivity index (χ3v) is 3.80. The first-order valence-corrected chi connectivity index (χ1v) is 7.19. The third kappa shape index (κ3) is 2.63. The van der Waals surface area contributed by atoms with Crippen LogP contribution in [0.25, 0.3) is 10.9 Å². The van der Waals surface area contributed by atoms with E-state index in [0.717, 1.165) is 27.8 Å². The minimum absolute atomic E-state index is 0.0121. The van der Waals surface area contributed by atoms with Gasteiger partial charge in [0.05, 0.1) is 0 Å². The number of aromatic nitrogens is 1. The number of rotatable bonds is 3. The minimum atomic E-state index is -0.0121. The Morgan fingerprint density at radius 2 is 1.65 bits per heavy atom. The maximum atomic E-state index is 12.1. The summed E-state index contributed by atoms with van der Waals surface area (Å²) in [6.45, 7) is 0. The first-order chi connectivity index (χ1) is 9.76. The highest BCUT2D eigenvalue weighted by atomic mass is 32.1. The summed E-state index contributed by atoms with van der Waals surface area (Å²) in [7, 11) is 0. The normalized spacial score (nSPS) is 10.8. The molecule has 3 aromatic rings. The van der Waals surface area contributed by atoms with Crippen molar-refractivity contribution >= 4 is 23.5 Å². The summed E-state index contributed by atoms with van der Waals surface area (Å²) in [5.74, 6) is 0.733. The zero-order valence-electron chi connectivity index (χ0n) is 11.0. The first kappa shape index (κ1) is 13.0. The standard InChI is InChI=1S/C17H15NOS/c19-17-15(9-12-5-7-13(11-20)8-6-12)10-14-3-1-2-4-16(14)18-17/h1-8,10,20H,9,11H2,(H,18,19). The zero-order chi connectivity index (χ0) is 13.9. The van der Waals surface area contributed by atoms with Crippen molar-refractivity contribution in [2.45, 2.75) is 12.2 Å². The second-order valence-electron chi connectivity index (χ2n) is 4.86. The molecular formula is C17H15NOS. The van der Waals surface area contributed by atoms with Crippen LogP contribution in [0.1, 0.15) is 16.7 Å². The van der Waals surface area contributed by atoms with Gasteiger partial charge in [-0.3, -0.25) is 4.79 Å². The van der Waals surface area contributed by atoms with Crippen molar-refractivity contribution in [3.63, 3.8) is 0 Å². The number of H-pyrrole nitrogens is 1. The van der Waals surface area contributed by atoms with Crippen molar-refractivity contribution in [2.24, 2.45) is 0 Å². The quantitative estimate of drug-likeness (QED) is 0.707. The largest absolute Gasteiger partial charge is 0.322 e. The van der Waals surface area contributed by atoms with Crippen molar-refractivity contribution in [1.29, 1.82) is 0 Å². The number of hydrogen-bond donors (Lipinski definition) is 2. The molecule has 2 nitrogen and oxygen atoms in total. The lowest BCUT2D eigenvalue weighted by Gasteiger charge is -2.04. The molecule has 20 heavy (non-hydrogen) atoms. The van der Waals surface area contributed by atoms with Gasteiger partial charge in [-0.15, -0.1) is 0 Å². The number of thiol groups is 1. The number of para-hydroxylation sites is 1. The highest BCUT2D eigenvalue weighted by Crippen LogP contribution is 2.14. The zero-order valence-corrected chi connectivity index (χ0v) is 11.9. The highest BCUT2D eigenvalue weighted by Gasteiger charge is 2.04. The Morgan fingerprint density at radius 1 is 0.950 bits per heavy atom. The SMILES string of the molecule is O=c1[nH]c2ccccc2cc1Cc1ccc(CS)cc1. The van der Waals surface area contributed by atoms with Crippen LogP contribution < -0.4 is 5.56 Å². The topological polar surface area (TPSA) is 32.9 Å². The molecule has 0 aliphatic carbocycles. The molecule has 1 heterocycles. The summed E-state index contributed by atoms with van der Waals surface area (Å²) in [5.41, 5.74) is 3.98. The van der Waals surface area contributed by atoms with Crippen LogP contribution in [0.15, 0.2) is 59.4 Å². The number of nitrogens with one attached hydrogen (secondary N) is 1. The fourth-order valence-electron chi connectivity index (χ4n) is 2.31. The molecule has 1 N–H and O–H groups in total. The molecule has 3 heteroatoms. The minimum Gasteiger partial charge on any atom is -0.322 e. The number of aromatic amines is 1. The summed E-state index contributed by atoms with van der Waals surface area (Å²) in [5, 5.41) is 1.06. The molecular weight excluding hydrogens is 266 g/mol. The Bertz CT molecular complexity index is 790. The number of fused-ring (bicyclic) bond motifs is 1. The number of hydrogen-bond acceptors (Lipinski definition) is 2. The molecule has 100 valence electrons. The van der Waals surface area contributed by atoms with Crippen molar-refractivity contribution in [1.82, 2.24) is 4.98 Å². The molecule has 3 rings (SSSR count). The van der Waals surface area contributed by atoms with Gasteiger partial charge in [0, 0.05) is 23.3 Å². The second-order valence-corrected chi connectivity index (χ2v) is 5.18. The van der Waals surface area contributed by atoms with E-state index in [-0.39, 0.29) is 5.56 Å². The lowest BCUT2D eigenvalue weighted by Crippen LogP contribution is -2.12. The third-order valence-electron chi connectivity index (χ3n) is 3.43. The van der Waals surface area contributed by atoms with E-state index in [1.54, 1.807) is 0 Å². The lowest BCUT2D eigenvalue weighted by molar-refractivity contribution is 1.12. The number of benzene rings is 2. The molecule has 2 aromatic carbocycles. The Labute approximate surface area is 122 Å². The fourth-order valence-corrected chi connectivity index (χ4v) is 2.52. The van der Waals surface area contributed by atoms with Crippen LogP contribution >= 0.6 is 12.6 Å². The van der Waals surface area contributed by atoms with Gasteiger partial charge in [0.15, 0.2) is 0 Å². The maximum Gasteiger partial charge on any atom is 0.251 e. The van der Waals surface area contributed by atoms with Crippen LogP contribution in [0, 0.1) is 0 Å². The van der Waals surface area contributed by atoms with Crippen molar-refractivity contribution < 1.29 is 0 Å². The van der Waals surface area contributed by atoms with Gasteiger partial charge in [-0.2, -0.15) is 12.6 Å². The molecule has 0 radical (unpaired) electrons. The Hall–Kier alpha value is -2.00. The first-order valence-electron chi connectivity index (χ1n) is 6.56. The molecule has 0 unspecified atom stereocenters. The number of pyridine rings is 1. The molecule has 0 aliphatic heterocycles. The van der Waals surface area contributed by atoms with Crippen LogP contribution in [0.5, 0.6) is 0 Å². The van der Waals surface area contributed by atoms with E-state index >= 15 is 0 Å². The van der Waals surface area contributed by atoms with Gasteiger partial charge in [-0.05, 0) is 28.6 Å². The van der Waals surface area contributed by atoms with E-state index in [4.69, 9.17) is 0 Å². The van der Waals surface area contributed by atoms with Crippen LogP contribution in [0.2, 0.25) is 0 Å². The second kappa shape index (κ2) is 5.55. The Balaban J connectivity index is 1.97. The van der Waals surface area contributed by atoms with Crippen LogP contribution in [0.3, 0.4) is 0 Å². The van der Waals surface area contributed by atoms with E-state index in [9.17, 15) is 4.79 Å². The molecule has 0 bridgehead atoms. The summed E-state index contributed by atoms with van der Waals surface area (Å²) >= 11 is 4.25. The van der Waals surface area contributed by atoms with E-state index in [1.807, 2.05) is 30.3 Å². The van der Waals surface area contributed by atoms with Crippen LogP contribution in [0.4, 0.5) is 0 Å². The van der Waals surface area contributed by atoms with Gasteiger partial charge in [-0.1, -0.05) is 42.5 Å². The van der Waals surface area contributed by atoms with Gasteiger partial charge in [0.1, 0.15) is 0 Å². The Kier molecular flexibility index (Phi) is 3.61. The van der Waals surface area contributed by atoms with Crippen LogP contribution in [-0.2, 0) is 12.2 Å². The van der Waals surface area contributed by atoms with Gasteiger partial charge in [-0.25, -0.2) is 0 Å². The van der Waals surface area contributed by atoms with Crippen molar-refractivity contribution in [3.05, 3.63) is 81.6 Å². The smallest absolute Gasteiger partial charge is 0.251 e. The van der Waals surface area contributed by atoms with Crippen molar-refractivity contribution in [3.8, 4) is 0 Å². The Morgan fingerprint density at radius 3 is 2.40 bits per heavy atom. The monoisotopic (exact) mass is 281 g/mol. The molecule has 0 saturated heterocycles. The van der Waals surface area contributed by atoms with Gasteiger partial charge >= 0.3 is 0 Å². The molecule has 0 aliphatic rings. The summed E-state index contributed by atoms with van der Waals surface area (Å²) in [4.78, 5) is 15.0. The summed E-state index contributed by atoms with van der Waals surface area (Å²) < 4.78 is 0. The average Bonchev–Trinajstić information content (AvgIpc) is 2.49. The van der Waals surface area contributed by atoms with E-state index in [1.165, 1.54) is 5.56 Å². The molecule has 0 saturated carbocycles. The fraction of sp³-hybridized carbons (Fsp3) is 0.118. The highest BCUT2D eigenvalue weighted by molar-refractivity contribution is 7.79. The molecule has 1 aromatic heterocycles. The van der Waals surface area contributed by atoms with Gasteiger partial charge in [0.25, 0.3) is 5.56 Å². The van der Waals surface area contributed by atoms with Crippen molar-refractivity contribution in [2.75, 3.05) is 0 Å². The van der Waals surface area contributed by atoms with Gasteiger partial charge < -0.3 is 4.98 Å². The average molecular weight is 281 g/mol. The summed E-state index contributed by atoms with van der Waals surface area (Å²) in [6.07, 6.45) is 0.646. The van der Waals surface area contributed by atoms with E-state index < -0.39 is 0 Å². The predicted octanol–water partition coefficient (Wildman–Crippen LogP) is 3.55. The summed E-state index contributed by atoms with van der Waals surface area (Å²) in [6, 6.07) is 18.0.